The van der Waals surface area contributed by atoms with Crippen LogP contribution in [-0.2, 0) is 17.9 Å². The minimum Gasteiger partial charge on any atom is -0.495 e. The molecule has 2 aromatic rings. The van der Waals surface area contributed by atoms with Gasteiger partial charge in [-0.25, -0.2) is 0 Å². The zero-order valence-corrected chi connectivity index (χ0v) is 12.7. The van der Waals surface area contributed by atoms with Crippen LogP contribution in [0.1, 0.15) is 11.1 Å². The van der Waals surface area contributed by atoms with E-state index in [1.54, 1.807) is 7.11 Å². The number of carbonyl (C=O) groups excluding carboxylic acids is 1. The maximum atomic E-state index is 8.92. The Labute approximate surface area is 128 Å². The Hall–Kier alpha value is -1.69. The highest BCUT2D eigenvalue weighted by molar-refractivity contribution is 6.32. The average molecular weight is 309 g/mol. The van der Waals surface area contributed by atoms with Gasteiger partial charge >= 0.3 is 0 Å². The van der Waals surface area contributed by atoms with Gasteiger partial charge in [0.25, 0.3) is 0 Å². The van der Waals surface area contributed by atoms with Gasteiger partial charge in [-0.3, -0.25) is 9.88 Å². The van der Waals surface area contributed by atoms with Crippen LogP contribution in [0.25, 0.3) is 10.9 Å². The number of fused-ring (bicyclic) bond motifs is 3. The minimum absolute atomic E-state index is 0.361. The first-order valence-corrected chi connectivity index (χ1v) is 6.85. The lowest BCUT2D eigenvalue weighted by molar-refractivity contribution is -0.110. The largest absolute Gasteiger partial charge is 0.495 e. The van der Waals surface area contributed by atoms with Crippen LogP contribution < -0.4 is 4.74 Å². The summed E-state index contributed by atoms with van der Waals surface area (Å²) in [5.41, 5.74) is 3.57. The van der Waals surface area contributed by atoms with E-state index in [0.717, 1.165) is 24.0 Å². The summed E-state index contributed by atoms with van der Waals surface area (Å²) >= 11 is 6.11. The van der Waals surface area contributed by atoms with Crippen LogP contribution >= 0.6 is 11.6 Å². The van der Waals surface area contributed by atoms with Crippen molar-refractivity contribution in [2.24, 2.45) is 0 Å². The number of halogens is 1. The van der Waals surface area contributed by atoms with E-state index in [9.17, 15) is 0 Å². The smallest absolute Gasteiger partial charge is 0.145 e. The number of nitrogens with zero attached hydrogens (tertiary/aromatic N) is 2. The number of aliphatic hydroxyl groups excluding tert-OH is 1. The Kier molecular flexibility index (Phi) is 5.12. The number of methoxy groups -OCH3 is 1. The van der Waals surface area contributed by atoms with E-state index >= 15 is 0 Å². The van der Waals surface area contributed by atoms with Gasteiger partial charge in [0.1, 0.15) is 12.0 Å². The molecule has 3 rings (SSSR count). The number of ether oxygens (including phenoxy) is 1. The predicted molar refractivity (Wildman–Crippen MR) is 81.6 cm³/mol. The molecule has 0 saturated carbocycles. The lowest BCUT2D eigenvalue weighted by Gasteiger charge is -2.08. The normalized spacial score (nSPS) is 13.5. The Balaban J connectivity index is 0.000000361. The van der Waals surface area contributed by atoms with Gasteiger partial charge in [-0.15, -0.1) is 0 Å². The Morgan fingerprint density at radius 3 is 2.81 bits per heavy atom. The van der Waals surface area contributed by atoms with Gasteiger partial charge in [0.15, 0.2) is 0 Å². The number of aromatic nitrogens is 1. The van der Waals surface area contributed by atoms with E-state index in [4.69, 9.17) is 26.2 Å². The standard InChI is InChI=1S/C13H13ClN2O.C2H4O2/c1-16-6-8-5-15-12-4-11(14)13(17-2)3-9(12)10(8)7-16;3-1-2-4/h3-5H,6-7H2,1-2H3;1,4H,2H2. The van der Waals surface area contributed by atoms with Gasteiger partial charge in [0.05, 0.1) is 24.3 Å². The zero-order chi connectivity index (χ0) is 15.4. The molecule has 1 aromatic heterocycles. The Bertz CT molecular complexity index is 661. The fourth-order valence-corrected chi connectivity index (χ4v) is 2.62. The minimum atomic E-state index is -0.361. The molecule has 0 bridgehead atoms. The molecule has 112 valence electrons. The summed E-state index contributed by atoms with van der Waals surface area (Å²) in [6.45, 7) is 1.56. The molecule has 0 radical (unpaired) electrons. The lowest BCUT2D eigenvalue weighted by Crippen LogP contribution is -2.07. The first-order valence-electron chi connectivity index (χ1n) is 6.47. The fourth-order valence-electron chi connectivity index (χ4n) is 2.39. The number of benzene rings is 1. The Morgan fingerprint density at radius 2 is 2.19 bits per heavy atom. The van der Waals surface area contributed by atoms with Crippen LogP contribution in [0.4, 0.5) is 0 Å². The third-order valence-electron chi connectivity index (χ3n) is 3.29. The van der Waals surface area contributed by atoms with Crippen LogP contribution in [0, 0.1) is 0 Å². The first-order chi connectivity index (χ1) is 10.1. The van der Waals surface area contributed by atoms with E-state index in [2.05, 4.69) is 16.9 Å². The van der Waals surface area contributed by atoms with Crippen molar-refractivity contribution in [1.82, 2.24) is 9.88 Å². The Morgan fingerprint density at radius 1 is 1.48 bits per heavy atom. The topological polar surface area (TPSA) is 62.7 Å². The molecular weight excluding hydrogens is 292 g/mol. The summed E-state index contributed by atoms with van der Waals surface area (Å²) in [5.74, 6) is 0.712. The predicted octanol–water partition coefficient (Wildman–Crippen LogP) is 2.02. The molecule has 0 spiro atoms. The molecule has 0 atom stereocenters. The third-order valence-corrected chi connectivity index (χ3v) is 3.58. The van der Waals surface area contributed by atoms with Crippen molar-refractivity contribution in [2.45, 2.75) is 13.1 Å². The summed E-state index contributed by atoms with van der Waals surface area (Å²) in [4.78, 5) is 15.7. The van der Waals surface area contributed by atoms with Crippen LogP contribution in [0.5, 0.6) is 5.75 Å². The number of carbonyl (C=O) groups is 1. The molecule has 21 heavy (non-hydrogen) atoms. The van der Waals surface area contributed by atoms with Gasteiger partial charge in [-0.2, -0.15) is 0 Å². The number of hydrogen-bond donors (Lipinski definition) is 1. The quantitative estimate of drug-likeness (QED) is 0.860. The molecule has 1 aliphatic heterocycles. The van der Waals surface area contributed by atoms with E-state index in [1.165, 1.54) is 11.1 Å². The van der Waals surface area contributed by atoms with E-state index in [0.29, 0.717) is 17.1 Å². The van der Waals surface area contributed by atoms with Crippen molar-refractivity contribution in [2.75, 3.05) is 20.8 Å². The van der Waals surface area contributed by atoms with Crippen molar-refractivity contribution in [1.29, 1.82) is 0 Å². The fraction of sp³-hybridized carbons (Fsp3) is 0.333. The molecule has 1 aromatic carbocycles. The number of rotatable bonds is 2. The van der Waals surface area contributed by atoms with Crippen molar-refractivity contribution >= 4 is 28.8 Å². The summed E-state index contributed by atoms with van der Waals surface area (Å²) in [6, 6.07) is 3.86. The SMILES string of the molecule is COc1cc2c3c(cnc2cc1Cl)CN(C)C3.O=CCO. The molecule has 2 heterocycles. The molecule has 0 saturated heterocycles. The third kappa shape index (κ3) is 3.32. The molecule has 6 heteroatoms. The zero-order valence-electron chi connectivity index (χ0n) is 12.0. The van der Waals surface area contributed by atoms with Gasteiger partial charge in [-0.05, 0) is 30.3 Å². The van der Waals surface area contributed by atoms with E-state index in [-0.39, 0.29) is 6.61 Å². The molecule has 0 amide bonds. The molecular formula is C15H17ClN2O3. The molecule has 1 aliphatic rings. The van der Waals surface area contributed by atoms with Crippen molar-refractivity contribution in [3.63, 3.8) is 0 Å². The maximum Gasteiger partial charge on any atom is 0.145 e. The maximum absolute atomic E-state index is 8.92. The van der Waals surface area contributed by atoms with Crippen LogP contribution in [0.2, 0.25) is 5.02 Å². The molecule has 5 nitrogen and oxygen atoms in total. The second-order valence-corrected chi connectivity index (χ2v) is 5.19. The van der Waals surface area contributed by atoms with Crippen LogP contribution in [-0.4, -0.2) is 42.0 Å². The van der Waals surface area contributed by atoms with Gasteiger partial charge in [0, 0.05) is 24.7 Å². The summed E-state index contributed by atoms with van der Waals surface area (Å²) in [6.07, 6.45) is 2.38. The highest BCUT2D eigenvalue weighted by atomic mass is 35.5. The molecule has 0 aliphatic carbocycles. The number of pyridine rings is 1. The first kappa shape index (κ1) is 15.7. The van der Waals surface area contributed by atoms with Crippen LogP contribution in [0.3, 0.4) is 0 Å². The monoisotopic (exact) mass is 308 g/mol. The van der Waals surface area contributed by atoms with Gasteiger partial charge in [-0.1, -0.05) is 11.6 Å². The summed E-state index contributed by atoms with van der Waals surface area (Å²) < 4.78 is 5.27. The average Bonchev–Trinajstić information content (AvgIpc) is 2.87. The molecule has 1 N–H and O–H groups in total. The van der Waals surface area contributed by atoms with Crippen molar-refractivity contribution in [3.05, 3.63) is 34.5 Å². The van der Waals surface area contributed by atoms with Crippen molar-refractivity contribution < 1.29 is 14.6 Å². The summed E-state index contributed by atoms with van der Waals surface area (Å²) in [5, 5.41) is 9.26. The number of aliphatic hydroxyl groups is 1. The highest BCUT2D eigenvalue weighted by Crippen LogP contribution is 2.34. The second-order valence-electron chi connectivity index (χ2n) is 4.79. The van der Waals surface area contributed by atoms with Gasteiger partial charge < -0.3 is 14.6 Å². The molecule has 0 fully saturated rings. The second kappa shape index (κ2) is 6.85. The van der Waals surface area contributed by atoms with Crippen LogP contribution in [0.15, 0.2) is 18.3 Å². The highest BCUT2D eigenvalue weighted by Gasteiger charge is 2.19. The van der Waals surface area contributed by atoms with E-state index in [1.807, 2.05) is 18.3 Å². The number of aldehydes is 1. The van der Waals surface area contributed by atoms with Crippen molar-refractivity contribution in [3.8, 4) is 5.75 Å². The molecule has 0 unspecified atom stereocenters. The van der Waals surface area contributed by atoms with E-state index < -0.39 is 0 Å². The lowest BCUT2D eigenvalue weighted by atomic mass is 10.1. The summed E-state index contributed by atoms with van der Waals surface area (Å²) in [7, 11) is 3.74. The van der Waals surface area contributed by atoms with Gasteiger partial charge in [0.2, 0.25) is 0 Å². The number of hydrogen-bond acceptors (Lipinski definition) is 5.